The van der Waals surface area contributed by atoms with Crippen LogP contribution in [0.3, 0.4) is 0 Å². The van der Waals surface area contributed by atoms with Crippen LogP contribution in [-0.2, 0) is 11.2 Å². The number of fused-ring (bicyclic) bond motifs is 1. The van der Waals surface area contributed by atoms with E-state index in [1.165, 1.54) is 30.4 Å². The fraction of sp³-hybridized carbons (Fsp3) is 0.571. The maximum absolute atomic E-state index is 13.3. The Morgan fingerprint density at radius 1 is 1.03 bits per heavy atom. The molecule has 0 spiro atoms. The predicted octanol–water partition coefficient (Wildman–Crippen LogP) is 3.62. The second kappa shape index (κ2) is 11.4. The molecule has 2 saturated heterocycles. The SMILES string of the molecule is O=C(NC1CCCCN(CCCc2ccccc2)C1)C1CCC2NNC(c3ccncc3)C2C1. The summed E-state index contributed by atoms with van der Waals surface area (Å²) in [4.78, 5) is 20.1. The Labute approximate surface area is 203 Å². The van der Waals surface area contributed by atoms with E-state index in [0.717, 1.165) is 51.7 Å². The molecular weight excluding hydrogens is 422 g/mol. The second-order valence-electron chi connectivity index (χ2n) is 10.4. The zero-order valence-electron chi connectivity index (χ0n) is 20.2. The molecule has 1 aromatic heterocycles. The van der Waals surface area contributed by atoms with Gasteiger partial charge in [0, 0.05) is 36.9 Å². The lowest BCUT2D eigenvalue weighted by atomic mass is 9.74. The van der Waals surface area contributed by atoms with Crippen molar-refractivity contribution in [2.45, 2.75) is 69.5 Å². The van der Waals surface area contributed by atoms with E-state index in [1.54, 1.807) is 0 Å². The summed E-state index contributed by atoms with van der Waals surface area (Å²) in [5.41, 5.74) is 9.64. The number of likely N-dealkylation sites (tertiary alicyclic amines) is 1. The number of hydrogen-bond acceptors (Lipinski definition) is 5. The van der Waals surface area contributed by atoms with Crippen molar-refractivity contribution < 1.29 is 4.79 Å². The van der Waals surface area contributed by atoms with E-state index < -0.39 is 0 Å². The molecule has 5 atom stereocenters. The fourth-order valence-electron chi connectivity index (χ4n) is 6.21. The van der Waals surface area contributed by atoms with Crippen molar-refractivity contribution in [3.05, 3.63) is 66.0 Å². The van der Waals surface area contributed by atoms with Crippen LogP contribution in [-0.4, -0.2) is 47.5 Å². The molecule has 1 aliphatic carbocycles. The zero-order valence-corrected chi connectivity index (χ0v) is 20.2. The number of hydrogen-bond donors (Lipinski definition) is 3. The summed E-state index contributed by atoms with van der Waals surface area (Å²) in [6.45, 7) is 3.25. The molecule has 3 N–H and O–H groups in total. The van der Waals surface area contributed by atoms with Gasteiger partial charge < -0.3 is 10.2 Å². The summed E-state index contributed by atoms with van der Waals surface area (Å²) in [6, 6.07) is 15.9. The minimum atomic E-state index is 0.113. The number of pyridine rings is 1. The number of hydrazine groups is 1. The maximum Gasteiger partial charge on any atom is 0.223 e. The summed E-state index contributed by atoms with van der Waals surface area (Å²) in [7, 11) is 0. The third-order valence-electron chi connectivity index (χ3n) is 8.07. The number of rotatable bonds is 7. The molecule has 3 aliphatic rings. The zero-order chi connectivity index (χ0) is 23.2. The van der Waals surface area contributed by atoms with Gasteiger partial charge in [0.05, 0.1) is 6.04 Å². The fourth-order valence-corrected chi connectivity index (χ4v) is 6.21. The molecule has 1 saturated carbocycles. The molecule has 6 heteroatoms. The third kappa shape index (κ3) is 5.85. The van der Waals surface area contributed by atoms with E-state index in [-0.39, 0.29) is 23.9 Å². The van der Waals surface area contributed by atoms with Gasteiger partial charge in [-0.2, -0.15) is 0 Å². The molecule has 0 radical (unpaired) electrons. The van der Waals surface area contributed by atoms with Crippen LogP contribution < -0.4 is 16.2 Å². The van der Waals surface area contributed by atoms with Gasteiger partial charge in [-0.15, -0.1) is 0 Å². The minimum Gasteiger partial charge on any atom is -0.352 e. The van der Waals surface area contributed by atoms with E-state index in [1.807, 2.05) is 12.4 Å². The lowest BCUT2D eigenvalue weighted by Gasteiger charge is -2.34. The Bertz CT molecular complexity index is 908. The van der Waals surface area contributed by atoms with Crippen LogP contribution in [0.25, 0.3) is 0 Å². The van der Waals surface area contributed by atoms with Crippen LogP contribution in [0.4, 0.5) is 0 Å². The number of nitrogens with one attached hydrogen (secondary N) is 3. The van der Waals surface area contributed by atoms with E-state index in [0.29, 0.717) is 12.0 Å². The predicted molar refractivity (Wildman–Crippen MR) is 135 cm³/mol. The standard InChI is InChI=1S/C28H39N5O/c34-28(23-11-12-26-25(19-23)27(32-31-26)22-13-15-29-16-14-22)30-24-10-4-5-17-33(20-24)18-6-9-21-7-2-1-3-8-21/h1-3,7-8,13-16,23-27,31-32H,4-6,9-12,17-20H2,(H,30,34). The van der Waals surface area contributed by atoms with Crippen LogP contribution in [0.15, 0.2) is 54.9 Å². The van der Waals surface area contributed by atoms with Crippen LogP contribution in [0.1, 0.15) is 62.1 Å². The summed E-state index contributed by atoms with van der Waals surface area (Å²) >= 11 is 0. The molecule has 2 aromatic rings. The highest BCUT2D eigenvalue weighted by atomic mass is 16.2. The largest absolute Gasteiger partial charge is 0.352 e. The summed E-state index contributed by atoms with van der Waals surface area (Å²) < 4.78 is 0. The van der Waals surface area contributed by atoms with Gasteiger partial charge in [-0.1, -0.05) is 36.8 Å². The first kappa shape index (κ1) is 23.5. The number of carbonyl (C=O) groups is 1. The van der Waals surface area contributed by atoms with E-state index >= 15 is 0 Å². The first-order chi connectivity index (χ1) is 16.8. The number of carbonyl (C=O) groups excluding carboxylic acids is 1. The monoisotopic (exact) mass is 461 g/mol. The normalized spacial score (nSPS) is 29.8. The highest BCUT2D eigenvalue weighted by Gasteiger charge is 2.42. The van der Waals surface area contributed by atoms with Crippen molar-refractivity contribution in [2.75, 3.05) is 19.6 Å². The molecule has 5 rings (SSSR count). The van der Waals surface area contributed by atoms with Gasteiger partial charge in [0.2, 0.25) is 5.91 Å². The first-order valence-corrected chi connectivity index (χ1v) is 13.2. The summed E-state index contributed by atoms with van der Waals surface area (Å²) in [5.74, 6) is 0.826. The average molecular weight is 462 g/mol. The number of aromatic nitrogens is 1. The smallest absolute Gasteiger partial charge is 0.223 e. The Morgan fingerprint density at radius 3 is 2.74 bits per heavy atom. The van der Waals surface area contributed by atoms with Crippen molar-refractivity contribution in [2.24, 2.45) is 11.8 Å². The van der Waals surface area contributed by atoms with Crippen molar-refractivity contribution in [1.82, 2.24) is 26.1 Å². The molecular formula is C28H39N5O. The molecule has 182 valence electrons. The van der Waals surface area contributed by atoms with Gasteiger partial charge >= 0.3 is 0 Å². The molecule has 1 aromatic carbocycles. The quantitative estimate of drug-likeness (QED) is 0.588. The molecule has 5 unspecified atom stereocenters. The number of nitrogens with zero attached hydrogens (tertiary/aromatic N) is 2. The van der Waals surface area contributed by atoms with Crippen LogP contribution >= 0.6 is 0 Å². The highest BCUT2D eigenvalue weighted by molar-refractivity contribution is 5.79. The molecule has 2 aliphatic heterocycles. The second-order valence-corrected chi connectivity index (χ2v) is 10.4. The van der Waals surface area contributed by atoms with Gasteiger partial charge in [0.25, 0.3) is 0 Å². The van der Waals surface area contributed by atoms with Gasteiger partial charge in [0.15, 0.2) is 0 Å². The Morgan fingerprint density at radius 2 is 1.88 bits per heavy atom. The molecule has 3 fully saturated rings. The van der Waals surface area contributed by atoms with Gasteiger partial charge in [0.1, 0.15) is 0 Å². The van der Waals surface area contributed by atoms with Gasteiger partial charge in [-0.05, 0) is 87.2 Å². The molecule has 1 amide bonds. The van der Waals surface area contributed by atoms with E-state index in [2.05, 4.69) is 68.5 Å². The average Bonchev–Trinajstić information content (AvgIpc) is 3.18. The molecule has 0 bridgehead atoms. The first-order valence-electron chi connectivity index (χ1n) is 13.2. The van der Waals surface area contributed by atoms with Crippen LogP contribution in [0.2, 0.25) is 0 Å². The van der Waals surface area contributed by atoms with Crippen molar-refractivity contribution in [1.29, 1.82) is 0 Å². The van der Waals surface area contributed by atoms with Crippen molar-refractivity contribution in [3.8, 4) is 0 Å². The van der Waals surface area contributed by atoms with Gasteiger partial charge in [-0.25, -0.2) is 5.43 Å². The minimum absolute atomic E-state index is 0.113. The summed E-state index contributed by atoms with van der Waals surface area (Å²) in [6.07, 6.45) is 12.5. The number of aryl methyl sites for hydroxylation is 1. The summed E-state index contributed by atoms with van der Waals surface area (Å²) in [5, 5.41) is 3.47. The van der Waals surface area contributed by atoms with Crippen molar-refractivity contribution >= 4 is 5.91 Å². The lowest BCUT2D eigenvalue weighted by molar-refractivity contribution is -0.127. The van der Waals surface area contributed by atoms with Gasteiger partial charge in [-0.3, -0.25) is 15.2 Å². The lowest BCUT2D eigenvalue weighted by Crippen LogP contribution is -2.47. The van der Waals surface area contributed by atoms with E-state index in [9.17, 15) is 4.79 Å². The number of benzene rings is 1. The Kier molecular flexibility index (Phi) is 7.89. The van der Waals surface area contributed by atoms with Crippen LogP contribution in [0.5, 0.6) is 0 Å². The van der Waals surface area contributed by atoms with Crippen LogP contribution in [0, 0.1) is 11.8 Å². The topological polar surface area (TPSA) is 69.3 Å². The molecule has 34 heavy (non-hydrogen) atoms. The molecule has 6 nitrogen and oxygen atoms in total. The Balaban J connectivity index is 1.12. The Hall–Kier alpha value is -2.28. The third-order valence-corrected chi connectivity index (χ3v) is 8.07. The molecule has 3 heterocycles. The number of amides is 1. The maximum atomic E-state index is 13.3. The van der Waals surface area contributed by atoms with Crippen molar-refractivity contribution in [3.63, 3.8) is 0 Å². The van der Waals surface area contributed by atoms with E-state index in [4.69, 9.17) is 0 Å². The highest BCUT2D eigenvalue weighted by Crippen LogP contribution is 2.40.